The van der Waals surface area contributed by atoms with E-state index in [0.717, 1.165) is 28.5 Å². The van der Waals surface area contributed by atoms with Crippen molar-refractivity contribution < 1.29 is 0 Å². The summed E-state index contributed by atoms with van der Waals surface area (Å²) in [5.74, 6) is 2.87. The Morgan fingerprint density at radius 2 is 2.18 bits per heavy atom. The molecule has 1 aliphatic carbocycles. The monoisotopic (exact) mass is 297 g/mol. The van der Waals surface area contributed by atoms with Gasteiger partial charge >= 0.3 is 0 Å². The number of aryl methyl sites for hydroxylation is 1. The van der Waals surface area contributed by atoms with Crippen LogP contribution in [0.4, 0.5) is 17.6 Å². The van der Waals surface area contributed by atoms with Crippen molar-refractivity contribution in [3.05, 3.63) is 24.0 Å². The first-order chi connectivity index (χ1) is 10.7. The fourth-order valence-electron chi connectivity index (χ4n) is 2.63. The first-order valence-electron chi connectivity index (χ1n) is 7.60. The van der Waals surface area contributed by atoms with Gasteiger partial charge in [-0.2, -0.15) is 15.1 Å². The molecule has 1 aliphatic rings. The van der Waals surface area contributed by atoms with E-state index in [2.05, 4.69) is 42.7 Å². The first-order valence-corrected chi connectivity index (χ1v) is 7.60. The van der Waals surface area contributed by atoms with E-state index in [9.17, 15) is 0 Å². The van der Waals surface area contributed by atoms with Crippen molar-refractivity contribution in [1.82, 2.24) is 25.1 Å². The van der Waals surface area contributed by atoms with Gasteiger partial charge in [-0.15, -0.1) is 0 Å². The van der Waals surface area contributed by atoms with E-state index < -0.39 is 0 Å². The molecule has 0 radical (unpaired) electrons. The van der Waals surface area contributed by atoms with Gasteiger partial charge < -0.3 is 15.6 Å². The second-order valence-corrected chi connectivity index (χ2v) is 5.97. The Labute approximate surface area is 127 Å². The molecular formula is C15H19N7. The van der Waals surface area contributed by atoms with Crippen LogP contribution in [-0.2, 0) is 0 Å². The minimum absolute atomic E-state index is 0.425. The number of rotatable bonds is 5. The van der Waals surface area contributed by atoms with Gasteiger partial charge in [-0.3, -0.25) is 5.10 Å². The fraction of sp³-hybridized carbons (Fsp3) is 0.400. The smallest absolute Gasteiger partial charge is 0.232 e. The maximum atomic E-state index is 4.62. The Bertz CT molecular complexity index is 799. The number of nitrogens with one attached hydrogen (secondary N) is 4. The first kappa shape index (κ1) is 13.1. The highest BCUT2D eigenvalue weighted by atomic mass is 15.2. The van der Waals surface area contributed by atoms with Gasteiger partial charge in [-0.25, -0.2) is 0 Å². The minimum Gasteiger partial charge on any atom is -0.367 e. The molecule has 7 nitrogen and oxygen atoms in total. The van der Waals surface area contributed by atoms with Crippen LogP contribution in [-0.4, -0.2) is 31.2 Å². The molecule has 0 unspecified atom stereocenters. The molecule has 0 bridgehead atoms. The van der Waals surface area contributed by atoms with Gasteiger partial charge in [0.2, 0.25) is 5.95 Å². The van der Waals surface area contributed by atoms with Gasteiger partial charge in [0, 0.05) is 24.0 Å². The number of H-pyrrole nitrogens is 2. The second kappa shape index (κ2) is 5.01. The van der Waals surface area contributed by atoms with Gasteiger partial charge in [0.1, 0.15) is 11.5 Å². The highest BCUT2D eigenvalue weighted by Gasteiger charge is 2.28. The average molecular weight is 297 g/mol. The van der Waals surface area contributed by atoms with Gasteiger partial charge in [0.05, 0.1) is 5.39 Å². The number of hydrogen-bond donors (Lipinski definition) is 4. The summed E-state index contributed by atoms with van der Waals surface area (Å²) in [5, 5.41) is 14.7. The zero-order chi connectivity index (χ0) is 15.1. The third-order valence-electron chi connectivity index (χ3n) is 4.06. The maximum Gasteiger partial charge on any atom is 0.232 e. The van der Waals surface area contributed by atoms with E-state index in [1.807, 2.05) is 25.3 Å². The molecule has 3 aromatic heterocycles. The van der Waals surface area contributed by atoms with Crippen molar-refractivity contribution in [2.75, 3.05) is 10.6 Å². The van der Waals surface area contributed by atoms with Gasteiger partial charge in [-0.1, -0.05) is 0 Å². The van der Waals surface area contributed by atoms with E-state index in [1.54, 1.807) is 0 Å². The van der Waals surface area contributed by atoms with Crippen LogP contribution in [0.1, 0.15) is 25.5 Å². The molecule has 0 aliphatic heterocycles. The molecule has 114 valence electrons. The molecule has 1 fully saturated rings. The molecule has 22 heavy (non-hydrogen) atoms. The molecule has 0 amide bonds. The Morgan fingerprint density at radius 1 is 1.32 bits per heavy atom. The number of hydrogen-bond acceptors (Lipinski definition) is 5. The van der Waals surface area contributed by atoms with Gasteiger partial charge in [-0.05, 0) is 38.7 Å². The van der Waals surface area contributed by atoms with Gasteiger partial charge in [0.15, 0.2) is 5.82 Å². The summed E-state index contributed by atoms with van der Waals surface area (Å²) in [7, 11) is 0. The summed E-state index contributed by atoms with van der Waals surface area (Å²) in [6.45, 7) is 4.17. The number of aromatic amines is 2. The van der Waals surface area contributed by atoms with Crippen molar-refractivity contribution in [3.8, 4) is 0 Å². The summed E-state index contributed by atoms with van der Waals surface area (Å²) in [4.78, 5) is 12.3. The second-order valence-electron chi connectivity index (χ2n) is 5.97. The molecule has 1 saturated carbocycles. The highest BCUT2D eigenvalue weighted by molar-refractivity contribution is 5.88. The topological polar surface area (TPSA) is 94.3 Å². The van der Waals surface area contributed by atoms with Crippen molar-refractivity contribution in [2.24, 2.45) is 5.92 Å². The number of aromatic nitrogens is 5. The Kier molecular flexibility index (Phi) is 2.99. The molecule has 4 N–H and O–H groups in total. The zero-order valence-corrected chi connectivity index (χ0v) is 12.6. The number of fused-ring (bicyclic) bond motifs is 1. The van der Waals surface area contributed by atoms with Crippen molar-refractivity contribution in [3.63, 3.8) is 0 Å². The fourth-order valence-corrected chi connectivity index (χ4v) is 2.63. The molecule has 0 aromatic carbocycles. The molecule has 3 heterocycles. The molecular weight excluding hydrogens is 278 g/mol. The Morgan fingerprint density at radius 3 is 2.91 bits per heavy atom. The lowest BCUT2D eigenvalue weighted by atomic mass is 10.2. The van der Waals surface area contributed by atoms with Crippen molar-refractivity contribution in [2.45, 2.75) is 32.7 Å². The summed E-state index contributed by atoms with van der Waals surface area (Å²) in [6.07, 6.45) is 4.48. The average Bonchev–Trinajstić information content (AvgIpc) is 3.11. The normalized spacial score (nSPS) is 15.9. The van der Waals surface area contributed by atoms with E-state index in [0.29, 0.717) is 17.8 Å². The summed E-state index contributed by atoms with van der Waals surface area (Å²) in [5.41, 5.74) is 1.81. The minimum atomic E-state index is 0.425. The molecule has 0 spiro atoms. The SMILES string of the molecule is Cc1cc(Nc2nc(N[C@@H](C)C3CC3)c3cc[nH]c3n2)n[nH]1. The molecule has 0 saturated heterocycles. The van der Waals surface area contributed by atoms with E-state index in [4.69, 9.17) is 0 Å². The van der Waals surface area contributed by atoms with Gasteiger partial charge in [0.25, 0.3) is 0 Å². The van der Waals surface area contributed by atoms with Crippen LogP contribution >= 0.6 is 0 Å². The molecule has 3 aromatic rings. The lowest BCUT2D eigenvalue weighted by molar-refractivity contribution is 0.691. The number of nitrogens with zero attached hydrogens (tertiary/aromatic N) is 3. The lowest BCUT2D eigenvalue weighted by Gasteiger charge is -2.15. The Hall–Kier alpha value is -2.57. The molecule has 4 rings (SSSR count). The molecule has 1 atom stereocenters. The van der Waals surface area contributed by atoms with E-state index >= 15 is 0 Å². The van der Waals surface area contributed by atoms with Crippen molar-refractivity contribution >= 4 is 28.6 Å². The van der Waals surface area contributed by atoms with Crippen LogP contribution in [0.3, 0.4) is 0 Å². The van der Waals surface area contributed by atoms with Crippen molar-refractivity contribution in [1.29, 1.82) is 0 Å². The Balaban J connectivity index is 1.66. The standard InChI is InChI=1S/C15H19N7/c1-8-7-12(22-21-8)18-15-19-13-11(5-6-16-13)14(20-15)17-9(2)10-3-4-10/h5-7,9-10H,3-4H2,1-2H3,(H4,16,17,18,19,20,21,22)/t9-/m0/s1. The summed E-state index contributed by atoms with van der Waals surface area (Å²) in [6, 6.07) is 4.34. The third-order valence-corrected chi connectivity index (χ3v) is 4.06. The highest BCUT2D eigenvalue weighted by Crippen LogP contribution is 2.34. The largest absolute Gasteiger partial charge is 0.367 e. The summed E-state index contributed by atoms with van der Waals surface area (Å²) < 4.78 is 0. The predicted octanol–water partition coefficient (Wildman–Crippen LogP) is 2.94. The lowest BCUT2D eigenvalue weighted by Crippen LogP contribution is -2.18. The van der Waals surface area contributed by atoms with Crippen LogP contribution in [0.15, 0.2) is 18.3 Å². The van der Waals surface area contributed by atoms with E-state index in [-0.39, 0.29) is 0 Å². The van der Waals surface area contributed by atoms with Crippen LogP contribution in [0.2, 0.25) is 0 Å². The van der Waals surface area contributed by atoms with Crippen LogP contribution in [0.5, 0.6) is 0 Å². The van der Waals surface area contributed by atoms with Crippen LogP contribution in [0.25, 0.3) is 11.0 Å². The number of anilines is 3. The van der Waals surface area contributed by atoms with Crippen LogP contribution < -0.4 is 10.6 Å². The molecule has 7 heteroatoms. The zero-order valence-electron chi connectivity index (χ0n) is 12.6. The van der Waals surface area contributed by atoms with Crippen LogP contribution in [0, 0.1) is 12.8 Å². The quantitative estimate of drug-likeness (QED) is 0.581. The maximum absolute atomic E-state index is 4.62. The third kappa shape index (κ3) is 2.49. The van der Waals surface area contributed by atoms with E-state index in [1.165, 1.54) is 12.8 Å². The predicted molar refractivity (Wildman–Crippen MR) is 86.3 cm³/mol. The summed E-state index contributed by atoms with van der Waals surface area (Å²) >= 11 is 0.